The first-order valence-electron chi connectivity index (χ1n) is 4.17. The van der Waals surface area contributed by atoms with Crippen LogP contribution in [0.25, 0.3) is 0 Å². The van der Waals surface area contributed by atoms with Crippen molar-refractivity contribution >= 4 is 0 Å². The van der Waals surface area contributed by atoms with Crippen molar-refractivity contribution in [1.29, 1.82) is 0 Å². The second-order valence-electron chi connectivity index (χ2n) is 3.03. The van der Waals surface area contributed by atoms with Crippen LogP contribution in [0.3, 0.4) is 0 Å². The molecule has 0 aromatic rings. The summed E-state index contributed by atoms with van der Waals surface area (Å²) in [7, 11) is 0. The van der Waals surface area contributed by atoms with Crippen LogP contribution >= 0.6 is 0 Å². The zero-order valence-corrected chi connectivity index (χ0v) is 6.72. The van der Waals surface area contributed by atoms with Gasteiger partial charge in [0.15, 0.2) is 0 Å². The van der Waals surface area contributed by atoms with Crippen LogP contribution in [0.2, 0.25) is 0 Å². The minimum absolute atomic E-state index is 0.181. The molecule has 2 atom stereocenters. The summed E-state index contributed by atoms with van der Waals surface area (Å²) in [4.78, 5) is 0. The molecular weight excluding hydrogens is 150 g/mol. The van der Waals surface area contributed by atoms with Crippen molar-refractivity contribution in [3.05, 3.63) is 0 Å². The maximum Gasteiger partial charge on any atom is 0.345 e. The number of rotatable bonds is 3. The predicted octanol–water partition coefficient (Wildman–Crippen LogP) is 2.80. The molecule has 0 bridgehead atoms. The lowest BCUT2D eigenvalue weighted by atomic mass is 10.0. The molecule has 0 heterocycles. The smallest absolute Gasteiger partial charge is 0.319 e. The molecule has 1 nitrogen and oxygen atoms in total. The Hall–Kier alpha value is -0.180. The van der Waals surface area contributed by atoms with Crippen LogP contribution in [0.15, 0.2) is 0 Å². The van der Waals surface area contributed by atoms with Gasteiger partial charge in [0.1, 0.15) is 0 Å². The summed E-state index contributed by atoms with van der Waals surface area (Å²) in [5, 5.41) is 0. The topological polar surface area (TPSA) is 9.23 Å². The fourth-order valence-corrected chi connectivity index (χ4v) is 1.78. The third kappa shape index (κ3) is 2.40. The molecule has 0 aromatic heterocycles. The van der Waals surface area contributed by atoms with E-state index in [1.807, 2.05) is 6.92 Å². The number of halogens is 2. The standard InChI is InChI=1S/C8H14F2O/c1-2-6-4-3-5-7(6)11-8(9)10/h6-8H,2-5H2,1H3/t6-,7+/m1/s1. The summed E-state index contributed by atoms with van der Waals surface area (Å²) in [6, 6.07) is 0. The third-order valence-corrected chi connectivity index (χ3v) is 2.39. The lowest BCUT2D eigenvalue weighted by Gasteiger charge is -2.17. The van der Waals surface area contributed by atoms with Crippen LogP contribution in [-0.4, -0.2) is 12.7 Å². The molecule has 1 aliphatic rings. The Balaban J connectivity index is 2.31. The summed E-state index contributed by atoms with van der Waals surface area (Å²) in [5.41, 5.74) is 0. The maximum absolute atomic E-state index is 11.8. The number of hydrogen-bond acceptors (Lipinski definition) is 1. The van der Waals surface area contributed by atoms with Crippen LogP contribution in [0.5, 0.6) is 0 Å². The van der Waals surface area contributed by atoms with Gasteiger partial charge >= 0.3 is 6.61 Å². The van der Waals surface area contributed by atoms with Crippen molar-refractivity contribution in [3.63, 3.8) is 0 Å². The molecule has 1 aliphatic carbocycles. The van der Waals surface area contributed by atoms with Gasteiger partial charge < -0.3 is 4.74 Å². The molecule has 0 aromatic carbocycles. The molecule has 0 aliphatic heterocycles. The molecule has 1 saturated carbocycles. The van der Waals surface area contributed by atoms with Gasteiger partial charge in [0.2, 0.25) is 0 Å². The van der Waals surface area contributed by atoms with E-state index in [4.69, 9.17) is 0 Å². The van der Waals surface area contributed by atoms with Crippen LogP contribution in [0, 0.1) is 5.92 Å². The SMILES string of the molecule is CC[C@@H]1CCC[C@@H]1OC(F)F. The molecule has 11 heavy (non-hydrogen) atoms. The predicted molar refractivity (Wildman–Crippen MR) is 38.5 cm³/mol. The van der Waals surface area contributed by atoms with E-state index in [-0.39, 0.29) is 6.10 Å². The van der Waals surface area contributed by atoms with E-state index in [0.29, 0.717) is 5.92 Å². The summed E-state index contributed by atoms with van der Waals surface area (Å²) in [5.74, 6) is 0.365. The first-order chi connectivity index (χ1) is 5.24. The molecule has 0 unspecified atom stereocenters. The van der Waals surface area contributed by atoms with E-state index < -0.39 is 6.61 Å². The normalized spacial score (nSPS) is 31.6. The molecule has 0 saturated heterocycles. The first-order valence-corrected chi connectivity index (χ1v) is 4.17. The van der Waals surface area contributed by atoms with Gasteiger partial charge in [0.05, 0.1) is 6.10 Å². The quantitative estimate of drug-likeness (QED) is 0.623. The Morgan fingerprint density at radius 2 is 2.18 bits per heavy atom. The fourth-order valence-electron chi connectivity index (χ4n) is 1.78. The Morgan fingerprint density at radius 3 is 2.73 bits per heavy atom. The Morgan fingerprint density at radius 1 is 1.45 bits per heavy atom. The fraction of sp³-hybridized carbons (Fsp3) is 1.00. The largest absolute Gasteiger partial charge is 0.345 e. The van der Waals surface area contributed by atoms with Crippen LogP contribution < -0.4 is 0 Å². The van der Waals surface area contributed by atoms with Crippen molar-refractivity contribution < 1.29 is 13.5 Å². The molecule has 0 N–H and O–H groups in total. The van der Waals surface area contributed by atoms with E-state index in [9.17, 15) is 8.78 Å². The van der Waals surface area contributed by atoms with Crippen LogP contribution in [0.1, 0.15) is 32.6 Å². The average molecular weight is 164 g/mol. The molecule has 0 amide bonds. The number of hydrogen-bond donors (Lipinski definition) is 0. The van der Waals surface area contributed by atoms with E-state index in [1.54, 1.807) is 0 Å². The highest BCUT2D eigenvalue weighted by Crippen LogP contribution is 2.31. The summed E-state index contributed by atoms with van der Waals surface area (Å²) >= 11 is 0. The highest BCUT2D eigenvalue weighted by molar-refractivity contribution is 4.76. The van der Waals surface area contributed by atoms with E-state index in [0.717, 1.165) is 25.7 Å². The molecule has 0 spiro atoms. The number of ether oxygens (including phenoxy) is 1. The molecule has 3 heteroatoms. The minimum atomic E-state index is -2.59. The zero-order chi connectivity index (χ0) is 8.27. The maximum atomic E-state index is 11.8. The van der Waals surface area contributed by atoms with Crippen molar-refractivity contribution in [2.24, 2.45) is 5.92 Å². The van der Waals surface area contributed by atoms with Gasteiger partial charge in [-0.25, -0.2) is 0 Å². The second kappa shape index (κ2) is 4.00. The molecule has 66 valence electrons. The average Bonchev–Trinajstić information content (AvgIpc) is 2.34. The van der Waals surface area contributed by atoms with Gasteiger partial charge in [-0.1, -0.05) is 19.8 Å². The number of alkyl halides is 2. The lowest BCUT2D eigenvalue weighted by molar-refractivity contribution is -0.171. The van der Waals surface area contributed by atoms with E-state index >= 15 is 0 Å². The van der Waals surface area contributed by atoms with Gasteiger partial charge in [0, 0.05) is 0 Å². The first kappa shape index (κ1) is 8.91. The minimum Gasteiger partial charge on any atom is -0.319 e. The van der Waals surface area contributed by atoms with Gasteiger partial charge in [-0.05, 0) is 18.8 Å². The van der Waals surface area contributed by atoms with Crippen molar-refractivity contribution in [2.45, 2.75) is 45.3 Å². The van der Waals surface area contributed by atoms with Gasteiger partial charge in [-0.3, -0.25) is 0 Å². The lowest BCUT2D eigenvalue weighted by Crippen LogP contribution is -2.20. The van der Waals surface area contributed by atoms with Crippen molar-refractivity contribution in [3.8, 4) is 0 Å². The highest BCUT2D eigenvalue weighted by atomic mass is 19.3. The van der Waals surface area contributed by atoms with E-state index in [2.05, 4.69) is 4.74 Å². The molecule has 1 fully saturated rings. The zero-order valence-electron chi connectivity index (χ0n) is 6.72. The Labute approximate surface area is 65.7 Å². The van der Waals surface area contributed by atoms with Gasteiger partial charge in [-0.2, -0.15) is 8.78 Å². The summed E-state index contributed by atoms with van der Waals surface area (Å²) < 4.78 is 28.0. The molecular formula is C8H14F2O. The Bertz CT molecular complexity index is 117. The van der Waals surface area contributed by atoms with Gasteiger partial charge in [0.25, 0.3) is 0 Å². The van der Waals surface area contributed by atoms with Crippen molar-refractivity contribution in [1.82, 2.24) is 0 Å². The van der Waals surface area contributed by atoms with Crippen LogP contribution in [0.4, 0.5) is 8.78 Å². The summed E-state index contributed by atoms with van der Waals surface area (Å²) in [6.45, 7) is -0.565. The molecule has 1 rings (SSSR count). The summed E-state index contributed by atoms with van der Waals surface area (Å²) in [6.07, 6.45) is 3.67. The monoisotopic (exact) mass is 164 g/mol. The second-order valence-corrected chi connectivity index (χ2v) is 3.03. The third-order valence-electron chi connectivity index (χ3n) is 2.39. The van der Waals surface area contributed by atoms with E-state index in [1.165, 1.54) is 0 Å². The molecule has 0 radical (unpaired) electrons. The van der Waals surface area contributed by atoms with Crippen molar-refractivity contribution in [2.75, 3.05) is 0 Å². The van der Waals surface area contributed by atoms with Gasteiger partial charge in [-0.15, -0.1) is 0 Å². The highest BCUT2D eigenvalue weighted by Gasteiger charge is 2.28. The van der Waals surface area contributed by atoms with Crippen LogP contribution in [-0.2, 0) is 4.74 Å². The Kier molecular flexibility index (Phi) is 3.24.